The maximum absolute atomic E-state index is 15.8. The topological polar surface area (TPSA) is 56.8 Å². The number of alkyl halides is 2. The smallest absolute Gasteiger partial charge is 0.299 e. The van der Waals surface area contributed by atoms with Crippen LogP contribution in [0.5, 0.6) is 5.75 Å². The summed E-state index contributed by atoms with van der Waals surface area (Å²) in [5.74, 6) is -2.99. The first-order chi connectivity index (χ1) is 15.8. The van der Waals surface area contributed by atoms with Crippen LogP contribution in [-0.2, 0) is 10.3 Å². The minimum Gasteiger partial charge on any atom is -0.485 e. The van der Waals surface area contributed by atoms with Gasteiger partial charge in [0.05, 0.1) is 0 Å². The highest BCUT2D eigenvalue weighted by Gasteiger charge is 2.60. The van der Waals surface area contributed by atoms with E-state index in [-0.39, 0.29) is 24.4 Å². The molecular weight excluding hydrogens is 469 g/mol. The van der Waals surface area contributed by atoms with Crippen molar-refractivity contribution in [2.75, 3.05) is 13.2 Å². The Balaban J connectivity index is 1.73. The van der Waals surface area contributed by atoms with Gasteiger partial charge in [0, 0.05) is 22.0 Å². The molecule has 4 nitrogen and oxygen atoms in total. The lowest BCUT2D eigenvalue weighted by Crippen LogP contribution is -2.50. The maximum Gasteiger partial charge on any atom is 0.299 e. The van der Waals surface area contributed by atoms with E-state index in [2.05, 4.69) is 4.99 Å². The Morgan fingerprint density at radius 2 is 1.67 bits per heavy atom. The summed E-state index contributed by atoms with van der Waals surface area (Å²) in [7, 11) is 0. The fraction of sp³-hybridized carbons (Fsp3) is 0.240. The van der Waals surface area contributed by atoms with Gasteiger partial charge in [-0.2, -0.15) is 0 Å². The molecule has 3 aromatic carbocycles. The first-order valence-corrected chi connectivity index (χ1v) is 11.2. The Hall–Kier alpha value is -2.67. The van der Waals surface area contributed by atoms with Gasteiger partial charge in [-0.1, -0.05) is 59.6 Å². The number of hydrogen-bond donors (Lipinski definition) is 1. The standard InChI is InChI=1S/C25H20Cl2F2N2O2/c26-18-8-17(9-19(27)11-18)16-6-7-21-20(10-16)24(25(28,29)14-32-13-23(30)31-24)12-22(33-21)15-4-2-1-3-5-15/h1-11,22H,12-14H2,(H2,30,31). The minimum absolute atomic E-state index is 0.0167. The first kappa shape index (κ1) is 22.1. The van der Waals surface area contributed by atoms with Gasteiger partial charge in [-0.05, 0) is 47.0 Å². The second kappa shape index (κ2) is 8.28. The molecule has 0 bridgehead atoms. The fourth-order valence-electron chi connectivity index (χ4n) is 4.50. The number of ether oxygens (including phenoxy) is 2. The summed E-state index contributed by atoms with van der Waals surface area (Å²) in [6.45, 7) is -0.960. The third kappa shape index (κ3) is 3.97. The molecule has 5 rings (SSSR count). The van der Waals surface area contributed by atoms with Crippen molar-refractivity contribution in [2.45, 2.75) is 24.0 Å². The van der Waals surface area contributed by atoms with Crippen molar-refractivity contribution in [1.29, 1.82) is 0 Å². The number of aliphatic imine (C=N–C) groups is 1. The quantitative estimate of drug-likeness (QED) is 0.453. The van der Waals surface area contributed by atoms with E-state index < -0.39 is 24.2 Å². The van der Waals surface area contributed by atoms with E-state index >= 15 is 8.78 Å². The molecule has 2 heterocycles. The minimum atomic E-state index is -3.33. The lowest BCUT2D eigenvalue weighted by Gasteiger charge is -2.43. The molecule has 2 N–H and O–H groups in total. The van der Waals surface area contributed by atoms with Crippen LogP contribution in [0.4, 0.5) is 8.78 Å². The summed E-state index contributed by atoms with van der Waals surface area (Å²) in [6, 6.07) is 19.5. The van der Waals surface area contributed by atoms with Crippen LogP contribution < -0.4 is 10.5 Å². The van der Waals surface area contributed by atoms with Crippen LogP contribution in [0.1, 0.15) is 23.7 Å². The van der Waals surface area contributed by atoms with Gasteiger partial charge in [-0.15, -0.1) is 0 Å². The average Bonchev–Trinajstić information content (AvgIpc) is 2.88. The Morgan fingerprint density at radius 1 is 0.939 bits per heavy atom. The normalized spacial score (nSPS) is 23.9. The molecule has 33 heavy (non-hydrogen) atoms. The zero-order valence-electron chi connectivity index (χ0n) is 17.4. The van der Waals surface area contributed by atoms with Crippen molar-refractivity contribution in [3.05, 3.63) is 87.9 Å². The van der Waals surface area contributed by atoms with Gasteiger partial charge in [0.25, 0.3) is 5.92 Å². The largest absolute Gasteiger partial charge is 0.485 e. The predicted molar refractivity (Wildman–Crippen MR) is 125 cm³/mol. The third-order valence-electron chi connectivity index (χ3n) is 6.02. The van der Waals surface area contributed by atoms with E-state index in [9.17, 15) is 0 Å². The Morgan fingerprint density at radius 3 is 2.39 bits per heavy atom. The van der Waals surface area contributed by atoms with E-state index in [0.717, 1.165) is 5.56 Å². The van der Waals surface area contributed by atoms with Gasteiger partial charge in [0.2, 0.25) is 0 Å². The molecule has 8 heteroatoms. The second-order valence-corrected chi connectivity index (χ2v) is 9.12. The van der Waals surface area contributed by atoms with Gasteiger partial charge in [-0.3, -0.25) is 4.99 Å². The first-order valence-electron chi connectivity index (χ1n) is 10.4. The van der Waals surface area contributed by atoms with E-state index in [0.29, 0.717) is 26.9 Å². The number of amidine groups is 1. The van der Waals surface area contributed by atoms with Crippen LogP contribution in [0.2, 0.25) is 10.0 Å². The molecule has 0 radical (unpaired) electrons. The van der Waals surface area contributed by atoms with Crippen molar-refractivity contribution < 1.29 is 18.3 Å². The molecule has 0 aromatic heterocycles. The molecule has 2 atom stereocenters. The second-order valence-electron chi connectivity index (χ2n) is 8.25. The number of fused-ring (bicyclic) bond motifs is 2. The summed E-state index contributed by atoms with van der Waals surface area (Å²) < 4.78 is 43.0. The molecule has 2 aliphatic heterocycles. The maximum atomic E-state index is 15.8. The fourth-order valence-corrected chi connectivity index (χ4v) is 5.02. The van der Waals surface area contributed by atoms with Crippen molar-refractivity contribution >= 4 is 29.0 Å². The number of rotatable bonds is 2. The molecular formula is C25H20Cl2F2N2O2. The average molecular weight is 489 g/mol. The number of nitrogens with zero attached hydrogens (tertiary/aromatic N) is 1. The lowest BCUT2D eigenvalue weighted by atomic mass is 9.75. The number of benzene rings is 3. The Labute approximate surface area is 199 Å². The monoisotopic (exact) mass is 488 g/mol. The summed E-state index contributed by atoms with van der Waals surface area (Å²) in [5, 5.41) is 0.890. The number of nitrogens with two attached hydrogens (primary N) is 1. The zero-order valence-corrected chi connectivity index (χ0v) is 18.9. The van der Waals surface area contributed by atoms with Crippen molar-refractivity contribution in [1.82, 2.24) is 0 Å². The molecule has 2 aliphatic rings. The van der Waals surface area contributed by atoms with Crippen LogP contribution in [0, 0.1) is 0 Å². The van der Waals surface area contributed by atoms with Crippen LogP contribution in [0.25, 0.3) is 11.1 Å². The SMILES string of the molecule is NC1=NC2(CC(c3ccccc3)Oc3ccc(-c4cc(Cl)cc(Cl)c4)cc32)C(F)(F)COC1. The highest BCUT2D eigenvalue weighted by Crippen LogP contribution is 2.55. The van der Waals surface area contributed by atoms with Gasteiger partial charge in [0.15, 0.2) is 5.54 Å². The van der Waals surface area contributed by atoms with Crippen molar-refractivity contribution in [3.63, 3.8) is 0 Å². The molecule has 0 amide bonds. The summed E-state index contributed by atoms with van der Waals surface area (Å²) in [5.41, 5.74) is 6.44. The molecule has 1 spiro atoms. The van der Waals surface area contributed by atoms with Gasteiger partial charge in [0.1, 0.15) is 30.9 Å². The van der Waals surface area contributed by atoms with Gasteiger partial charge >= 0.3 is 0 Å². The molecule has 0 aliphatic carbocycles. The molecule has 2 unspecified atom stereocenters. The molecule has 3 aromatic rings. The molecule has 170 valence electrons. The van der Waals surface area contributed by atoms with Crippen LogP contribution in [-0.4, -0.2) is 25.0 Å². The highest BCUT2D eigenvalue weighted by atomic mass is 35.5. The van der Waals surface area contributed by atoms with Crippen molar-refractivity contribution in [2.24, 2.45) is 10.7 Å². The van der Waals surface area contributed by atoms with E-state index in [4.69, 9.17) is 38.4 Å². The predicted octanol–water partition coefficient (Wildman–Crippen LogP) is 6.40. The summed E-state index contributed by atoms with van der Waals surface area (Å²) in [6.07, 6.45) is -0.730. The van der Waals surface area contributed by atoms with Crippen LogP contribution >= 0.6 is 23.2 Å². The summed E-state index contributed by atoms with van der Waals surface area (Å²) in [4.78, 5) is 4.39. The van der Waals surface area contributed by atoms with E-state index in [1.165, 1.54) is 0 Å². The van der Waals surface area contributed by atoms with Crippen molar-refractivity contribution in [3.8, 4) is 16.9 Å². The van der Waals surface area contributed by atoms with E-state index in [1.54, 1.807) is 36.4 Å². The molecule has 0 saturated heterocycles. The molecule has 0 saturated carbocycles. The van der Waals surface area contributed by atoms with E-state index in [1.807, 2.05) is 30.3 Å². The molecule has 0 fully saturated rings. The number of hydrogen-bond acceptors (Lipinski definition) is 4. The number of halogens is 4. The Kier molecular flexibility index (Phi) is 5.55. The zero-order chi connectivity index (χ0) is 23.2. The van der Waals surface area contributed by atoms with Crippen LogP contribution in [0.15, 0.2) is 71.7 Å². The third-order valence-corrected chi connectivity index (χ3v) is 6.45. The van der Waals surface area contributed by atoms with Crippen LogP contribution in [0.3, 0.4) is 0 Å². The van der Waals surface area contributed by atoms with Gasteiger partial charge < -0.3 is 15.2 Å². The highest BCUT2D eigenvalue weighted by molar-refractivity contribution is 6.35. The summed E-state index contributed by atoms with van der Waals surface area (Å²) >= 11 is 12.3. The Bertz CT molecular complexity index is 1220. The lowest BCUT2D eigenvalue weighted by molar-refractivity contribution is -0.136. The van der Waals surface area contributed by atoms with Gasteiger partial charge in [-0.25, -0.2) is 8.78 Å².